The van der Waals surface area contributed by atoms with Crippen LogP contribution < -0.4 is 11.1 Å². The molecule has 1 heterocycles. The summed E-state index contributed by atoms with van der Waals surface area (Å²) in [6.45, 7) is 0.511. The number of carbonyl (C=O) groups is 3. The first kappa shape index (κ1) is 14.4. The minimum Gasteiger partial charge on any atom is -0.480 e. The minimum atomic E-state index is -1.18. The molecule has 0 bridgehead atoms. The summed E-state index contributed by atoms with van der Waals surface area (Å²) in [4.78, 5) is 33.3. The fourth-order valence-corrected chi connectivity index (χ4v) is 1.76. The highest BCUT2D eigenvalue weighted by molar-refractivity contribution is 5.86. The summed E-state index contributed by atoms with van der Waals surface area (Å²) in [5.74, 6) is -2.21. The van der Waals surface area contributed by atoms with E-state index in [-0.39, 0.29) is 12.8 Å². The summed E-state index contributed by atoms with van der Waals surface area (Å²) in [5, 5.41) is 11.3. The lowest BCUT2D eigenvalue weighted by atomic mass is 10.1. The Morgan fingerprint density at radius 2 is 2.11 bits per heavy atom. The van der Waals surface area contributed by atoms with Gasteiger partial charge in [0.1, 0.15) is 12.1 Å². The highest BCUT2D eigenvalue weighted by Crippen LogP contribution is 2.13. The topological polar surface area (TPSA) is 119 Å². The van der Waals surface area contributed by atoms with Crippen molar-refractivity contribution in [3.63, 3.8) is 0 Å². The van der Waals surface area contributed by atoms with Gasteiger partial charge in [-0.25, -0.2) is 4.79 Å². The molecule has 7 nitrogen and oxygen atoms in total. The summed E-state index contributed by atoms with van der Waals surface area (Å²) in [6, 6.07) is -1.10. The summed E-state index contributed by atoms with van der Waals surface area (Å²) in [5.41, 5.74) is 4.95. The van der Waals surface area contributed by atoms with Crippen molar-refractivity contribution < 1.29 is 24.2 Å². The molecule has 4 N–H and O–H groups in total. The third-order valence-electron chi connectivity index (χ3n) is 2.77. The van der Waals surface area contributed by atoms with Gasteiger partial charge in [0.25, 0.3) is 0 Å². The Balaban J connectivity index is 2.46. The lowest BCUT2D eigenvalue weighted by Crippen LogP contribution is -2.47. The van der Waals surface area contributed by atoms with Crippen LogP contribution in [-0.4, -0.2) is 41.6 Å². The van der Waals surface area contributed by atoms with Crippen LogP contribution in [-0.2, 0) is 19.1 Å². The maximum atomic E-state index is 11.7. The molecule has 0 aromatic carbocycles. The molecule has 1 aliphatic rings. The number of amides is 2. The Labute approximate surface area is 105 Å². The fraction of sp³-hybridized carbons (Fsp3) is 0.727. The normalized spacial score (nSPS) is 21.0. The van der Waals surface area contributed by atoms with E-state index in [0.29, 0.717) is 13.0 Å². The average Bonchev–Trinajstić information content (AvgIpc) is 2.34. The van der Waals surface area contributed by atoms with Gasteiger partial charge < -0.3 is 20.9 Å². The van der Waals surface area contributed by atoms with Crippen LogP contribution in [0.5, 0.6) is 0 Å². The zero-order chi connectivity index (χ0) is 13.5. The Morgan fingerprint density at radius 3 is 2.61 bits per heavy atom. The quantitative estimate of drug-likeness (QED) is 0.587. The van der Waals surface area contributed by atoms with Crippen molar-refractivity contribution in [2.45, 2.75) is 44.2 Å². The van der Waals surface area contributed by atoms with Gasteiger partial charge in [0.15, 0.2) is 0 Å². The Bertz CT molecular complexity index is 325. The first-order valence-corrected chi connectivity index (χ1v) is 5.94. The second kappa shape index (κ2) is 6.95. The number of carboxylic acid groups (broad SMARTS) is 1. The van der Waals surface area contributed by atoms with Crippen LogP contribution in [0.1, 0.15) is 32.1 Å². The maximum Gasteiger partial charge on any atom is 0.326 e. The monoisotopic (exact) mass is 258 g/mol. The number of nitrogens with one attached hydrogen (secondary N) is 1. The zero-order valence-electron chi connectivity index (χ0n) is 10.1. The van der Waals surface area contributed by atoms with Gasteiger partial charge in [0.05, 0.1) is 0 Å². The van der Waals surface area contributed by atoms with E-state index in [1.165, 1.54) is 0 Å². The Hall–Kier alpha value is -1.63. The number of aliphatic carboxylic acids is 1. The molecule has 1 aliphatic heterocycles. The number of carboxylic acids is 1. The predicted molar refractivity (Wildman–Crippen MR) is 61.6 cm³/mol. The van der Waals surface area contributed by atoms with Crippen molar-refractivity contribution in [1.82, 2.24) is 5.32 Å². The van der Waals surface area contributed by atoms with E-state index in [4.69, 9.17) is 15.6 Å². The zero-order valence-corrected chi connectivity index (χ0v) is 10.1. The molecule has 1 unspecified atom stereocenters. The molecule has 1 saturated heterocycles. The minimum absolute atomic E-state index is 0.0108. The number of rotatable bonds is 6. The number of carbonyl (C=O) groups excluding carboxylic acids is 2. The van der Waals surface area contributed by atoms with Crippen LogP contribution in [0, 0.1) is 0 Å². The molecule has 102 valence electrons. The van der Waals surface area contributed by atoms with Crippen LogP contribution in [0.3, 0.4) is 0 Å². The fourth-order valence-electron chi connectivity index (χ4n) is 1.76. The smallest absolute Gasteiger partial charge is 0.326 e. The van der Waals surface area contributed by atoms with Crippen molar-refractivity contribution in [3.05, 3.63) is 0 Å². The van der Waals surface area contributed by atoms with Crippen molar-refractivity contribution >= 4 is 17.8 Å². The molecular weight excluding hydrogens is 240 g/mol. The van der Waals surface area contributed by atoms with Crippen molar-refractivity contribution in [2.24, 2.45) is 5.73 Å². The molecule has 18 heavy (non-hydrogen) atoms. The number of primary amides is 1. The summed E-state index contributed by atoms with van der Waals surface area (Å²) in [6.07, 6.45) is 1.71. The molecule has 0 aromatic rings. The van der Waals surface area contributed by atoms with Crippen molar-refractivity contribution in [2.75, 3.05) is 6.61 Å². The summed E-state index contributed by atoms with van der Waals surface area (Å²) >= 11 is 0. The lowest BCUT2D eigenvalue weighted by Gasteiger charge is -2.23. The molecule has 0 spiro atoms. The molecule has 7 heteroatoms. The van der Waals surface area contributed by atoms with Gasteiger partial charge in [-0.1, -0.05) is 0 Å². The first-order valence-electron chi connectivity index (χ1n) is 5.94. The molecule has 1 rings (SSSR count). The van der Waals surface area contributed by atoms with Crippen LogP contribution >= 0.6 is 0 Å². The Kier molecular flexibility index (Phi) is 5.57. The molecule has 0 saturated carbocycles. The van der Waals surface area contributed by atoms with Crippen LogP contribution in [0.4, 0.5) is 0 Å². The molecule has 0 aliphatic carbocycles. The van der Waals surface area contributed by atoms with Gasteiger partial charge in [-0.15, -0.1) is 0 Å². The SMILES string of the molecule is NC(=O)CC[C@@H](NC(=O)C1CCCCO1)C(=O)O. The van der Waals surface area contributed by atoms with E-state index in [1.54, 1.807) is 0 Å². The maximum absolute atomic E-state index is 11.7. The van der Waals surface area contributed by atoms with E-state index in [1.807, 2.05) is 0 Å². The molecule has 1 fully saturated rings. The third-order valence-corrected chi connectivity index (χ3v) is 2.77. The van der Waals surface area contributed by atoms with Gasteiger partial charge in [-0.3, -0.25) is 9.59 Å². The highest BCUT2D eigenvalue weighted by Gasteiger charge is 2.27. The summed E-state index contributed by atoms with van der Waals surface area (Å²) < 4.78 is 5.25. The predicted octanol–water partition coefficient (Wildman–Crippen LogP) is -0.610. The van der Waals surface area contributed by atoms with E-state index in [0.717, 1.165) is 12.8 Å². The number of hydrogen-bond donors (Lipinski definition) is 3. The van der Waals surface area contributed by atoms with Gasteiger partial charge in [-0.2, -0.15) is 0 Å². The molecular formula is C11H18N2O5. The Morgan fingerprint density at radius 1 is 1.39 bits per heavy atom. The standard InChI is InChI=1S/C11H18N2O5/c12-9(14)5-4-7(11(16)17)13-10(15)8-3-1-2-6-18-8/h7-8H,1-6H2,(H2,12,14)(H,13,15)(H,16,17)/t7-,8?/m1/s1. The van der Waals surface area contributed by atoms with E-state index < -0.39 is 29.9 Å². The van der Waals surface area contributed by atoms with Gasteiger partial charge in [0.2, 0.25) is 11.8 Å². The largest absolute Gasteiger partial charge is 0.480 e. The van der Waals surface area contributed by atoms with Gasteiger partial charge in [0, 0.05) is 13.0 Å². The average molecular weight is 258 g/mol. The number of ether oxygens (including phenoxy) is 1. The molecule has 2 amide bonds. The van der Waals surface area contributed by atoms with Crippen LogP contribution in [0.15, 0.2) is 0 Å². The van der Waals surface area contributed by atoms with E-state index in [2.05, 4.69) is 5.32 Å². The van der Waals surface area contributed by atoms with Gasteiger partial charge in [-0.05, 0) is 25.7 Å². The molecule has 0 radical (unpaired) electrons. The van der Waals surface area contributed by atoms with Crippen molar-refractivity contribution in [1.29, 1.82) is 0 Å². The van der Waals surface area contributed by atoms with E-state index >= 15 is 0 Å². The third kappa shape index (κ3) is 4.70. The second-order valence-electron chi connectivity index (χ2n) is 4.26. The number of nitrogens with two attached hydrogens (primary N) is 1. The van der Waals surface area contributed by atoms with Gasteiger partial charge >= 0.3 is 5.97 Å². The lowest BCUT2D eigenvalue weighted by molar-refractivity contribution is -0.145. The van der Waals surface area contributed by atoms with Crippen molar-refractivity contribution in [3.8, 4) is 0 Å². The van der Waals surface area contributed by atoms with Crippen LogP contribution in [0.25, 0.3) is 0 Å². The molecule has 0 aromatic heterocycles. The van der Waals surface area contributed by atoms with E-state index in [9.17, 15) is 14.4 Å². The first-order chi connectivity index (χ1) is 8.50. The number of hydrogen-bond acceptors (Lipinski definition) is 4. The highest BCUT2D eigenvalue weighted by atomic mass is 16.5. The molecule has 2 atom stereocenters. The van der Waals surface area contributed by atoms with Crippen LogP contribution in [0.2, 0.25) is 0 Å². The second-order valence-corrected chi connectivity index (χ2v) is 4.26. The summed E-state index contributed by atoms with van der Waals surface area (Å²) in [7, 11) is 0.